The molecule has 3 rings (SSSR count). The third-order valence-electron chi connectivity index (χ3n) is 3.01. The second kappa shape index (κ2) is 5.39. The summed E-state index contributed by atoms with van der Waals surface area (Å²) >= 11 is 5.93. The van der Waals surface area contributed by atoms with Gasteiger partial charge in [0, 0.05) is 16.5 Å². The second-order valence-corrected chi connectivity index (χ2v) is 4.90. The van der Waals surface area contributed by atoms with Crippen molar-refractivity contribution >= 4 is 28.2 Å². The molecule has 20 heavy (non-hydrogen) atoms. The van der Waals surface area contributed by atoms with Crippen molar-refractivity contribution in [2.45, 2.75) is 6.61 Å². The second-order valence-electron chi connectivity index (χ2n) is 4.47. The summed E-state index contributed by atoms with van der Waals surface area (Å²) in [7, 11) is 0. The summed E-state index contributed by atoms with van der Waals surface area (Å²) in [5.74, 6) is 0.576. The van der Waals surface area contributed by atoms with Gasteiger partial charge in [-0.05, 0) is 24.3 Å². The van der Waals surface area contributed by atoms with Gasteiger partial charge in [-0.15, -0.1) is 0 Å². The van der Waals surface area contributed by atoms with Crippen LogP contribution in [0.2, 0.25) is 5.02 Å². The summed E-state index contributed by atoms with van der Waals surface area (Å²) in [5, 5.41) is 1.71. The van der Waals surface area contributed by atoms with Gasteiger partial charge in [0.2, 0.25) is 0 Å². The maximum atomic E-state index is 5.93. The van der Waals surface area contributed by atoms with E-state index in [1.807, 2.05) is 36.4 Å². The SMILES string of the molecule is Nc1ccc(Cl)cc1OCc1ccc2ccccc2n1. The standard InChI is InChI=1S/C16H13ClN2O/c17-12-6-8-14(18)16(9-12)20-10-13-7-5-11-3-1-2-4-15(11)19-13/h1-9H,10,18H2. The van der Waals surface area contributed by atoms with Crippen LogP contribution in [0.1, 0.15) is 5.69 Å². The van der Waals surface area contributed by atoms with Crippen LogP contribution in [-0.2, 0) is 6.61 Å². The van der Waals surface area contributed by atoms with Gasteiger partial charge in [-0.2, -0.15) is 0 Å². The van der Waals surface area contributed by atoms with Crippen molar-refractivity contribution in [3.63, 3.8) is 0 Å². The molecule has 1 aromatic heterocycles. The van der Waals surface area contributed by atoms with Crippen LogP contribution in [0.15, 0.2) is 54.6 Å². The first-order valence-corrected chi connectivity index (χ1v) is 6.63. The fraction of sp³-hybridized carbons (Fsp3) is 0.0625. The highest BCUT2D eigenvalue weighted by Crippen LogP contribution is 2.26. The Morgan fingerprint density at radius 2 is 1.90 bits per heavy atom. The number of halogens is 1. The maximum absolute atomic E-state index is 5.93. The van der Waals surface area contributed by atoms with Gasteiger partial charge < -0.3 is 10.5 Å². The highest BCUT2D eigenvalue weighted by molar-refractivity contribution is 6.30. The zero-order valence-corrected chi connectivity index (χ0v) is 11.5. The van der Waals surface area contributed by atoms with Gasteiger partial charge in [-0.25, -0.2) is 4.98 Å². The van der Waals surface area contributed by atoms with Crippen molar-refractivity contribution in [1.82, 2.24) is 4.98 Å². The first-order chi connectivity index (χ1) is 9.72. The van der Waals surface area contributed by atoms with Gasteiger partial charge in [0.15, 0.2) is 0 Å². The zero-order chi connectivity index (χ0) is 13.9. The first kappa shape index (κ1) is 12.8. The van der Waals surface area contributed by atoms with E-state index in [9.17, 15) is 0 Å². The van der Waals surface area contributed by atoms with E-state index in [1.54, 1.807) is 18.2 Å². The Morgan fingerprint density at radius 1 is 1.05 bits per heavy atom. The molecule has 0 aliphatic rings. The molecule has 0 atom stereocenters. The Hall–Kier alpha value is -2.26. The third kappa shape index (κ3) is 2.68. The van der Waals surface area contributed by atoms with Gasteiger partial charge in [-0.3, -0.25) is 0 Å². The Balaban J connectivity index is 1.81. The predicted molar refractivity (Wildman–Crippen MR) is 81.9 cm³/mol. The minimum absolute atomic E-state index is 0.357. The lowest BCUT2D eigenvalue weighted by Gasteiger charge is -2.09. The lowest BCUT2D eigenvalue weighted by atomic mass is 10.2. The highest BCUT2D eigenvalue weighted by atomic mass is 35.5. The van der Waals surface area contributed by atoms with Crippen LogP contribution in [0.5, 0.6) is 5.75 Å². The number of aromatic nitrogens is 1. The molecule has 0 unspecified atom stereocenters. The van der Waals surface area contributed by atoms with Gasteiger partial charge >= 0.3 is 0 Å². The molecule has 3 nitrogen and oxygen atoms in total. The molecule has 0 aliphatic heterocycles. The fourth-order valence-corrected chi connectivity index (χ4v) is 2.14. The van der Waals surface area contributed by atoms with Crippen LogP contribution in [0.25, 0.3) is 10.9 Å². The molecule has 2 aromatic carbocycles. The molecule has 0 radical (unpaired) electrons. The fourth-order valence-electron chi connectivity index (χ4n) is 1.97. The molecule has 0 bridgehead atoms. The number of fused-ring (bicyclic) bond motifs is 1. The number of rotatable bonds is 3. The van der Waals surface area contributed by atoms with Gasteiger partial charge in [-0.1, -0.05) is 35.9 Å². The average molecular weight is 285 g/mol. The van der Waals surface area contributed by atoms with E-state index >= 15 is 0 Å². The molecule has 2 N–H and O–H groups in total. The van der Waals surface area contributed by atoms with Crippen molar-refractivity contribution in [3.8, 4) is 5.75 Å². The first-order valence-electron chi connectivity index (χ1n) is 6.25. The Kier molecular flexibility index (Phi) is 3.44. The number of benzene rings is 2. The molecule has 0 aliphatic carbocycles. The number of para-hydroxylation sites is 1. The molecule has 3 aromatic rings. The van der Waals surface area contributed by atoms with E-state index in [2.05, 4.69) is 4.98 Å². The van der Waals surface area contributed by atoms with Crippen molar-refractivity contribution in [3.05, 3.63) is 65.3 Å². The third-order valence-corrected chi connectivity index (χ3v) is 3.24. The zero-order valence-electron chi connectivity index (χ0n) is 10.7. The lowest BCUT2D eigenvalue weighted by Crippen LogP contribution is -2.00. The van der Waals surface area contributed by atoms with E-state index in [0.29, 0.717) is 23.1 Å². The molecular formula is C16H13ClN2O. The summed E-state index contributed by atoms with van der Waals surface area (Å²) < 4.78 is 5.68. The molecule has 0 amide bonds. The number of hydrogen-bond acceptors (Lipinski definition) is 3. The predicted octanol–water partition coefficient (Wildman–Crippen LogP) is 4.05. The number of nitrogen functional groups attached to an aromatic ring is 1. The Bertz CT molecular complexity index is 758. The maximum Gasteiger partial charge on any atom is 0.144 e. The molecule has 0 fully saturated rings. The van der Waals surface area contributed by atoms with Crippen molar-refractivity contribution in [2.24, 2.45) is 0 Å². The Morgan fingerprint density at radius 3 is 2.80 bits per heavy atom. The largest absolute Gasteiger partial charge is 0.485 e. The number of nitrogens with two attached hydrogens (primary N) is 1. The normalized spacial score (nSPS) is 10.7. The summed E-state index contributed by atoms with van der Waals surface area (Å²) in [6, 6.07) is 17.1. The number of hydrogen-bond donors (Lipinski definition) is 1. The van der Waals surface area contributed by atoms with Gasteiger partial charge in [0.1, 0.15) is 12.4 Å². The molecule has 0 saturated heterocycles. The van der Waals surface area contributed by atoms with Crippen LogP contribution >= 0.6 is 11.6 Å². The van der Waals surface area contributed by atoms with E-state index in [4.69, 9.17) is 22.1 Å². The molecule has 1 heterocycles. The van der Waals surface area contributed by atoms with Crippen LogP contribution in [-0.4, -0.2) is 4.98 Å². The van der Waals surface area contributed by atoms with E-state index in [-0.39, 0.29) is 0 Å². The van der Waals surface area contributed by atoms with Crippen LogP contribution < -0.4 is 10.5 Å². The molecule has 100 valence electrons. The van der Waals surface area contributed by atoms with Crippen LogP contribution in [0.4, 0.5) is 5.69 Å². The summed E-state index contributed by atoms with van der Waals surface area (Å²) in [4.78, 5) is 4.54. The number of ether oxygens (including phenoxy) is 1. The summed E-state index contributed by atoms with van der Waals surface area (Å²) in [5.41, 5.74) is 8.21. The topological polar surface area (TPSA) is 48.1 Å². The van der Waals surface area contributed by atoms with Crippen LogP contribution in [0.3, 0.4) is 0 Å². The van der Waals surface area contributed by atoms with Gasteiger partial charge in [0.25, 0.3) is 0 Å². The summed E-state index contributed by atoms with van der Waals surface area (Å²) in [6.07, 6.45) is 0. The minimum Gasteiger partial charge on any atom is -0.485 e. The minimum atomic E-state index is 0.357. The number of nitrogens with zero attached hydrogens (tertiary/aromatic N) is 1. The van der Waals surface area contributed by atoms with E-state index in [1.165, 1.54) is 0 Å². The van der Waals surface area contributed by atoms with Gasteiger partial charge in [0.05, 0.1) is 16.9 Å². The molecule has 4 heteroatoms. The van der Waals surface area contributed by atoms with Crippen molar-refractivity contribution in [1.29, 1.82) is 0 Å². The Labute approximate surface area is 122 Å². The van der Waals surface area contributed by atoms with E-state index in [0.717, 1.165) is 16.6 Å². The summed E-state index contributed by atoms with van der Waals surface area (Å²) in [6.45, 7) is 0.357. The monoisotopic (exact) mass is 284 g/mol. The number of pyridine rings is 1. The van der Waals surface area contributed by atoms with Crippen molar-refractivity contribution < 1.29 is 4.74 Å². The average Bonchev–Trinajstić information content (AvgIpc) is 2.48. The highest BCUT2D eigenvalue weighted by Gasteiger charge is 2.03. The molecular weight excluding hydrogens is 272 g/mol. The quantitative estimate of drug-likeness (QED) is 0.738. The number of anilines is 1. The molecule has 0 spiro atoms. The lowest BCUT2D eigenvalue weighted by molar-refractivity contribution is 0.303. The van der Waals surface area contributed by atoms with Crippen LogP contribution in [0, 0.1) is 0 Å². The van der Waals surface area contributed by atoms with Crippen molar-refractivity contribution in [2.75, 3.05) is 5.73 Å². The van der Waals surface area contributed by atoms with E-state index < -0.39 is 0 Å². The smallest absolute Gasteiger partial charge is 0.144 e. The molecule has 0 saturated carbocycles.